The average molecular weight is 304 g/mol. The van der Waals surface area contributed by atoms with Crippen LogP contribution < -0.4 is 4.72 Å². The molecule has 1 N–H and O–H groups in total. The second-order valence-corrected chi connectivity index (χ2v) is 5.94. The molecule has 0 aliphatic carbocycles. The molecule has 0 aliphatic heterocycles. The third-order valence-corrected chi connectivity index (χ3v) is 4.23. The minimum absolute atomic E-state index is 0.0127. The van der Waals surface area contributed by atoms with Crippen molar-refractivity contribution >= 4 is 21.7 Å². The van der Waals surface area contributed by atoms with Crippen molar-refractivity contribution in [3.8, 4) is 0 Å². The highest BCUT2D eigenvalue weighted by Gasteiger charge is 2.22. The van der Waals surface area contributed by atoms with Crippen LogP contribution in [-0.4, -0.2) is 21.5 Å². The van der Waals surface area contributed by atoms with E-state index in [0.29, 0.717) is 5.69 Å². The van der Waals surface area contributed by atoms with Crippen LogP contribution in [0.2, 0.25) is 0 Å². The molecule has 0 saturated heterocycles. The van der Waals surface area contributed by atoms with Crippen LogP contribution in [0.4, 0.5) is 5.69 Å². The average Bonchev–Trinajstić information content (AvgIpc) is 2.48. The lowest BCUT2D eigenvalue weighted by atomic mass is 10.2. The van der Waals surface area contributed by atoms with Gasteiger partial charge >= 0.3 is 5.97 Å². The maximum absolute atomic E-state index is 12.4. The number of methoxy groups -OCH3 is 1. The van der Waals surface area contributed by atoms with Gasteiger partial charge in [0, 0.05) is 5.69 Å². The summed E-state index contributed by atoms with van der Waals surface area (Å²) in [6, 6.07) is 12.4. The number of rotatable bonds is 4. The zero-order valence-electron chi connectivity index (χ0n) is 11.4. The van der Waals surface area contributed by atoms with Crippen molar-refractivity contribution in [3.63, 3.8) is 0 Å². The fourth-order valence-electron chi connectivity index (χ4n) is 1.76. The summed E-state index contributed by atoms with van der Waals surface area (Å²) < 4.78 is 31.8. The largest absolute Gasteiger partial charge is 0.465 e. The highest BCUT2D eigenvalue weighted by Crippen LogP contribution is 2.20. The lowest BCUT2D eigenvalue weighted by Gasteiger charge is -2.11. The summed E-state index contributed by atoms with van der Waals surface area (Å²) in [5.41, 5.74) is 1.15. The molecule has 0 fully saturated rings. The first-order valence-electron chi connectivity index (χ1n) is 6.06. The Labute approximate surface area is 123 Å². The maximum Gasteiger partial charge on any atom is 0.339 e. The van der Waals surface area contributed by atoms with E-state index in [2.05, 4.69) is 16.4 Å². The van der Waals surface area contributed by atoms with E-state index in [1.807, 2.05) is 0 Å². The van der Waals surface area contributed by atoms with Crippen molar-refractivity contribution in [3.05, 3.63) is 66.6 Å². The Hall–Kier alpha value is -2.34. The van der Waals surface area contributed by atoms with Gasteiger partial charge < -0.3 is 4.74 Å². The van der Waals surface area contributed by atoms with Crippen LogP contribution in [0.15, 0.2) is 53.4 Å². The Kier molecular flexibility index (Phi) is 4.28. The first-order chi connectivity index (χ1) is 9.94. The molecule has 0 heterocycles. The van der Waals surface area contributed by atoms with Crippen LogP contribution in [0.1, 0.15) is 15.9 Å². The van der Waals surface area contributed by atoms with Gasteiger partial charge in [-0.3, -0.25) is 4.72 Å². The van der Waals surface area contributed by atoms with E-state index in [4.69, 9.17) is 0 Å². The topological polar surface area (TPSA) is 72.5 Å². The SMILES string of the molecule is [CH2]c1ccc(NS(=O)(=O)c2ccccc2C(=O)OC)cc1. The molecular formula is C15H14NO4S. The van der Waals surface area contributed by atoms with E-state index < -0.39 is 16.0 Å². The predicted octanol–water partition coefficient (Wildman–Crippen LogP) is 2.46. The molecule has 109 valence electrons. The molecule has 2 aromatic rings. The van der Waals surface area contributed by atoms with Crippen LogP contribution in [0, 0.1) is 6.92 Å². The van der Waals surface area contributed by atoms with Gasteiger partial charge in [-0.05, 0) is 36.8 Å². The van der Waals surface area contributed by atoms with Gasteiger partial charge in [-0.1, -0.05) is 24.3 Å². The fourth-order valence-corrected chi connectivity index (χ4v) is 3.02. The summed E-state index contributed by atoms with van der Waals surface area (Å²) in [7, 11) is -2.68. The number of benzene rings is 2. The molecule has 0 aromatic heterocycles. The Balaban J connectivity index is 2.40. The number of hydrogen-bond acceptors (Lipinski definition) is 4. The highest BCUT2D eigenvalue weighted by molar-refractivity contribution is 7.92. The molecule has 0 aliphatic rings. The van der Waals surface area contributed by atoms with Crippen molar-refractivity contribution in [2.45, 2.75) is 4.90 Å². The van der Waals surface area contributed by atoms with Crippen LogP contribution >= 0.6 is 0 Å². The zero-order valence-corrected chi connectivity index (χ0v) is 12.2. The molecule has 21 heavy (non-hydrogen) atoms. The number of carbonyl (C=O) groups excluding carboxylic acids is 1. The number of anilines is 1. The minimum atomic E-state index is -3.88. The van der Waals surface area contributed by atoms with Gasteiger partial charge in [-0.2, -0.15) is 0 Å². The van der Waals surface area contributed by atoms with Gasteiger partial charge in [0.1, 0.15) is 4.90 Å². The normalized spacial score (nSPS) is 11.0. The summed E-state index contributed by atoms with van der Waals surface area (Å²) in [5.74, 6) is -0.705. The first-order valence-corrected chi connectivity index (χ1v) is 7.54. The van der Waals surface area contributed by atoms with E-state index in [1.54, 1.807) is 36.4 Å². The molecule has 0 bridgehead atoms. The number of nitrogens with one attached hydrogen (secondary N) is 1. The second kappa shape index (κ2) is 5.97. The van der Waals surface area contributed by atoms with Crippen molar-refractivity contribution in [1.29, 1.82) is 0 Å². The van der Waals surface area contributed by atoms with E-state index in [1.165, 1.54) is 19.2 Å². The quantitative estimate of drug-likeness (QED) is 0.881. The third kappa shape index (κ3) is 3.41. The number of ether oxygens (including phenoxy) is 1. The number of carbonyl (C=O) groups is 1. The Morgan fingerprint density at radius 3 is 2.33 bits per heavy atom. The van der Waals surface area contributed by atoms with Crippen LogP contribution in [0.5, 0.6) is 0 Å². The van der Waals surface area contributed by atoms with Crippen LogP contribution in [-0.2, 0) is 14.8 Å². The number of sulfonamides is 1. The summed E-state index contributed by atoms with van der Waals surface area (Å²) in [5, 5.41) is 0. The molecule has 0 spiro atoms. The Morgan fingerprint density at radius 1 is 1.10 bits per heavy atom. The van der Waals surface area contributed by atoms with Crippen molar-refractivity contribution < 1.29 is 17.9 Å². The lowest BCUT2D eigenvalue weighted by molar-refractivity contribution is 0.0596. The molecule has 0 amide bonds. The predicted molar refractivity (Wildman–Crippen MR) is 79.5 cm³/mol. The summed E-state index contributed by atoms with van der Waals surface area (Å²) >= 11 is 0. The second-order valence-electron chi connectivity index (χ2n) is 4.29. The monoisotopic (exact) mass is 304 g/mol. The molecule has 5 nitrogen and oxygen atoms in total. The highest BCUT2D eigenvalue weighted by atomic mass is 32.2. The fraction of sp³-hybridized carbons (Fsp3) is 0.0667. The van der Waals surface area contributed by atoms with Gasteiger partial charge in [0.2, 0.25) is 0 Å². The number of hydrogen-bond donors (Lipinski definition) is 1. The molecule has 2 aromatic carbocycles. The third-order valence-electron chi connectivity index (χ3n) is 2.79. The first kappa shape index (κ1) is 15.1. The van der Waals surface area contributed by atoms with E-state index in [0.717, 1.165) is 5.56 Å². The minimum Gasteiger partial charge on any atom is -0.465 e. The van der Waals surface area contributed by atoms with Gasteiger partial charge in [-0.15, -0.1) is 0 Å². The van der Waals surface area contributed by atoms with Crippen molar-refractivity contribution in [2.24, 2.45) is 0 Å². The van der Waals surface area contributed by atoms with Gasteiger partial charge in [-0.25, -0.2) is 13.2 Å². The van der Waals surface area contributed by atoms with Gasteiger partial charge in [0.25, 0.3) is 10.0 Å². The Morgan fingerprint density at radius 2 is 1.71 bits per heavy atom. The molecule has 0 unspecified atom stereocenters. The zero-order chi connectivity index (χ0) is 15.5. The molecular weight excluding hydrogens is 290 g/mol. The number of esters is 1. The molecule has 0 atom stereocenters. The molecule has 0 saturated carbocycles. The standard InChI is InChI=1S/C15H14NO4S/c1-11-7-9-12(10-8-11)16-21(18,19)14-6-4-3-5-13(14)15(17)20-2/h3-10,16H,1H2,2H3. The van der Waals surface area contributed by atoms with Gasteiger partial charge in [0.05, 0.1) is 12.7 Å². The summed E-state index contributed by atoms with van der Waals surface area (Å²) in [4.78, 5) is 11.5. The summed E-state index contributed by atoms with van der Waals surface area (Å²) in [6.07, 6.45) is 0. The van der Waals surface area contributed by atoms with Gasteiger partial charge in [0.15, 0.2) is 0 Å². The Bertz CT molecular complexity index is 751. The molecule has 1 radical (unpaired) electrons. The molecule has 6 heteroatoms. The lowest BCUT2D eigenvalue weighted by Crippen LogP contribution is -2.17. The van der Waals surface area contributed by atoms with Crippen molar-refractivity contribution in [2.75, 3.05) is 11.8 Å². The van der Waals surface area contributed by atoms with E-state index >= 15 is 0 Å². The van der Waals surface area contributed by atoms with E-state index in [-0.39, 0.29) is 10.5 Å². The smallest absolute Gasteiger partial charge is 0.339 e. The maximum atomic E-state index is 12.4. The summed E-state index contributed by atoms with van der Waals surface area (Å²) in [6.45, 7) is 3.73. The van der Waals surface area contributed by atoms with Crippen LogP contribution in [0.25, 0.3) is 0 Å². The molecule has 2 rings (SSSR count). The van der Waals surface area contributed by atoms with E-state index in [9.17, 15) is 13.2 Å². The van der Waals surface area contributed by atoms with Crippen LogP contribution in [0.3, 0.4) is 0 Å². The van der Waals surface area contributed by atoms with Crippen molar-refractivity contribution in [1.82, 2.24) is 0 Å².